The van der Waals surface area contributed by atoms with E-state index in [9.17, 15) is 5.11 Å². The van der Waals surface area contributed by atoms with Gasteiger partial charge in [0.15, 0.2) is 11.5 Å². The Balaban J connectivity index is 1.97. The van der Waals surface area contributed by atoms with Gasteiger partial charge in [-0.15, -0.1) is 0 Å². The first-order valence-electron chi connectivity index (χ1n) is 6.07. The highest BCUT2D eigenvalue weighted by atomic mass is 35.5. The van der Waals surface area contributed by atoms with Crippen LogP contribution >= 0.6 is 11.6 Å². The summed E-state index contributed by atoms with van der Waals surface area (Å²) in [4.78, 5) is 15.2. The van der Waals surface area contributed by atoms with Crippen LogP contribution in [0.25, 0.3) is 11.2 Å². The van der Waals surface area contributed by atoms with E-state index in [0.717, 1.165) is 5.56 Å². The number of fused-ring (bicyclic) bond motifs is 1. The molecule has 0 saturated heterocycles. The first kappa shape index (κ1) is 12.8. The highest BCUT2D eigenvalue weighted by Crippen LogP contribution is 2.23. The molecule has 0 bridgehead atoms. The lowest BCUT2D eigenvalue weighted by Crippen LogP contribution is -2.16. The molecule has 0 aliphatic heterocycles. The third kappa shape index (κ3) is 2.43. The molecule has 0 amide bonds. The van der Waals surface area contributed by atoms with E-state index in [1.54, 1.807) is 0 Å². The molecule has 1 unspecified atom stereocenters. The summed E-state index contributed by atoms with van der Waals surface area (Å²) in [6, 6.07) is 9.33. The van der Waals surface area contributed by atoms with Crippen LogP contribution < -0.4 is 5.32 Å². The minimum absolute atomic E-state index is 0.0682. The van der Waals surface area contributed by atoms with Crippen molar-refractivity contribution in [3.63, 3.8) is 0 Å². The number of aromatic amines is 1. The number of rotatable bonds is 4. The zero-order chi connectivity index (χ0) is 13.9. The summed E-state index contributed by atoms with van der Waals surface area (Å²) in [5.74, 6) is 0.514. The molecule has 2 heterocycles. The molecule has 102 valence electrons. The lowest BCUT2D eigenvalue weighted by molar-refractivity contribution is 0.276. The monoisotopic (exact) mass is 289 g/mol. The minimum Gasteiger partial charge on any atom is -0.394 e. The standard InChI is InChI=1S/C13H12ClN5O/c14-13-18-11-10(15-7-16-11)12(19-13)17-9(6-20)8-4-2-1-3-5-8/h1-5,7,9,20H,6H2,(H2,15,16,17,18,19). The molecule has 20 heavy (non-hydrogen) atoms. The summed E-state index contributed by atoms with van der Waals surface area (Å²) < 4.78 is 0. The van der Waals surface area contributed by atoms with Crippen molar-refractivity contribution in [1.82, 2.24) is 19.9 Å². The average Bonchev–Trinajstić information content (AvgIpc) is 2.93. The molecule has 0 radical (unpaired) electrons. The molecule has 0 fully saturated rings. The van der Waals surface area contributed by atoms with E-state index < -0.39 is 0 Å². The highest BCUT2D eigenvalue weighted by Gasteiger charge is 2.15. The summed E-state index contributed by atoms with van der Waals surface area (Å²) in [7, 11) is 0. The van der Waals surface area contributed by atoms with Gasteiger partial charge >= 0.3 is 0 Å². The summed E-state index contributed by atoms with van der Waals surface area (Å²) in [6.45, 7) is -0.0682. The SMILES string of the molecule is OCC(Nc1nc(Cl)nc2nc[nH]c12)c1ccccc1. The molecule has 0 saturated carbocycles. The highest BCUT2D eigenvalue weighted by molar-refractivity contribution is 6.28. The predicted molar refractivity (Wildman–Crippen MR) is 76.6 cm³/mol. The van der Waals surface area contributed by atoms with Gasteiger partial charge in [-0.25, -0.2) is 4.98 Å². The lowest BCUT2D eigenvalue weighted by Gasteiger charge is -2.17. The normalized spacial score (nSPS) is 12.5. The van der Waals surface area contributed by atoms with Gasteiger partial charge in [0, 0.05) is 0 Å². The van der Waals surface area contributed by atoms with Gasteiger partial charge in [0.2, 0.25) is 5.28 Å². The molecule has 0 spiro atoms. The Morgan fingerprint density at radius 3 is 2.80 bits per heavy atom. The molecule has 0 aliphatic carbocycles. The van der Waals surface area contributed by atoms with Crippen molar-refractivity contribution in [2.45, 2.75) is 6.04 Å². The topological polar surface area (TPSA) is 86.7 Å². The summed E-state index contributed by atoms with van der Waals surface area (Å²) in [5.41, 5.74) is 2.10. The quantitative estimate of drug-likeness (QED) is 0.641. The zero-order valence-corrected chi connectivity index (χ0v) is 11.2. The second-order valence-corrected chi connectivity index (χ2v) is 4.57. The molecule has 3 N–H and O–H groups in total. The van der Waals surface area contributed by atoms with Gasteiger partial charge < -0.3 is 15.4 Å². The Bertz CT molecular complexity index is 715. The van der Waals surface area contributed by atoms with E-state index in [4.69, 9.17) is 11.6 Å². The van der Waals surface area contributed by atoms with Gasteiger partial charge in [-0.05, 0) is 17.2 Å². The lowest BCUT2D eigenvalue weighted by atomic mass is 10.1. The second kappa shape index (κ2) is 5.44. The number of hydrogen-bond acceptors (Lipinski definition) is 5. The summed E-state index contributed by atoms with van der Waals surface area (Å²) in [6.07, 6.45) is 1.53. The van der Waals surface area contributed by atoms with Crippen molar-refractivity contribution in [3.8, 4) is 0 Å². The summed E-state index contributed by atoms with van der Waals surface area (Å²) in [5, 5.41) is 12.8. The van der Waals surface area contributed by atoms with Crippen LogP contribution in [0.1, 0.15) is 11.6 Å². The molecule has 3 rings (SSSR count). The predicted octanol–water partition coefficient (Wildman–Crippen LogP) is 2.15. The van der Waals surface area contributed by atoms with Crippen LogP contribution in [0.3, 0.4) is 0 Å². The smallest absolute Gasteiger partial charge is 0.226 e. The van der Waals surface area contributed by atoms with Crippen molar-refractivity contribution in [3.05, 3.63) is 47.5 Å². The van der Waals surface area contributed by atoms with Crippen LogP contribution in [0.5, 0.6) is 0 Å². The Hall–Kier alpha value is -2.18. The van der Waals surface area contributed by atoms with Gasteiger partial charge in [0.1, 0.15) is 5.52 Å². The van der Waals surface area contributed by atoms with E-state index in [1.807, 2.05) is 30.3 Å². The van der Waals surface area contributed by atoms with Crippen molar-refractivity contribution >= 4 is 28.6 Å². The van der Waals surface area contributed by atoms with Crippen molar-refractivity contribution < 1.29 is 5.11 Å². The molecule has 1 aromatic carbocycles. The van der Waals surface area contributed by atoms with Crippen LogP contribution in [0.15, 0.2) is 36.7 Å². The number of anilines is 1. The fourth-order valence-corrected chi connectivity index (χ4v) is 2.16. The van der Waals surface area contributed by atoms with Gasteiger partial charge in [-0.1, -0.05) is 30.3 Å². The molecular weight excluding hydrogens is 278 g/mol. The number of aromatic nitrogens is 4. The fourth-order valence-electron chi connectivity index (χ4n) is 2.00. The van der Waals surface area contributed by atoms with E-state index in [2.05, 4.69) is 25.3 Å². The van der Waals surface area contributed by atoms with Crippen LogP contribution in [0, 0.1) is 0 Å². The fraction of sp³-hybridized carbons (Fsp3) is 0.154. The molecule has 7 heteroatoms. The first-order chi connectivity index (χ1) is 9.78. The minimum atomic E-state index is -0.284. The zero-order valence-electron chi connectivity index (χ0n) is 10.4. The van der Waals surface area contributed by atoms with Gasteiger partial charge in [0.05, 0.1) is 19.0 Å². The molecule has 6 nitrogen and oxygen atoms in total. The maximum absolute atomic E-state index is 9.57. The number of aliphatic hydroxyl groups excluding tert-OH is 1. The number of H-pyrrole nitrogens is 1. The molecule has 0 aliphatic rings. The maximum atomic E-state index is 9.57. The molecule has 1 atom stereocenters. The van der Waals surface area contributed by atoms with E-state index in [1.165, 1.54) is 6.33 Å². The van der Waals surface area contributed by atoms with Crippen LogP contribution in [-0.4, -0.2) is 31.6 Å². The van der Waals surface area contributed by atoms with Crippen molar-refractivity contribution in [2.24, 2.45) is 0 Å². The number of nitrogens with zero attached hydrogens (tertiary/aromatic N) is 3. The Morgan fingerprint density at radius 2 is 2.05 bits per heavy atom. The number of benzene rings is 1. The Morgan fingerprint density at radius 1 is 1.25 bits per heavy atom. The Kier molecular flexibility index (Phi) is 3.49. The first-order valence-corrected chi connectivity index (χ1v) is 6.44. The van der Waals surface area contributed by atoms with E-state index in [0.29, 0.717) is 17.0 Å². The van der Waals surface area contributed by atoms with Crippen molar-refractivity contribution in [1.29, 1.82) is 0 Å². The van der Waals surface area contributed by atoms with Crippen LogP contribution in [0.2, 0.25) is 5.28 Å². The Labute approximate surface area is 119 Å². The average molecular weight is 290 g/mol. The number of hydrogen-bond donors (Lipinski definition) is 3. The largest absolute Gasteiger partial charge is 0.394 e. The van der Waals surface area contributed by atoms with Gasteiger partial charge in [-0.2, -0.15) is 9.97 Å². The number of aliphatic hydroxyl groups is 1. The molecule has 3 aromatic rings. The number of imidazole rings is 1. The van der Waals surface area contributed by atoms with Crippen LogP contribution in [-0.2, 0) is 0 Å². The number of nitrogens with one attached hydrogen (secondary N) is 2. The maximum Gasteiger partial charge on any atom is 0.226 e. The van der Waals surface area contributed by atoms with Crippen molar-refractivity contribution in [2.75, 3.05) is 11.9 Å². The van der Waals surface area contributed by atoms with Gasteiger partial charge in [-0.3, -0.25) is 0 Å². The van der Waals surface area contributed by atoms with Crippen LogP contribution in [0.4, 0.5) is 5.82 Å². The third-order valence-electron chi connectivity index (χ3n) is 2.95. The third-order valence-corrected chi connectivity index (χ3v) is 3.12. The number of halogens is 1. The summed E-state index contributed by atoms with van der Waals surface area (Å²) >= 11 is 5.87. The molecular formula is C13H12ClN5O. The van der Waals surface area contributed by atoms with E-state index >= 15 is 0 Å². The molecule has 2 aromatic heterocycles. The van der Waals surface area contributed by atoms with E-state index in [-0.39, 0.29) is 17.9 Å². The van der Waals surface area contributed by atoms with Gasteiger partial charge in [0.25, 0.3) is 0 Å². The second-order valence-electron chi connectivity index (χ2n) is 4.23.